The van der Waals surface area contributed by atoms with Crippen LogP contribution < -0.4 is 5.32 Å². The predicted octanol–water partition coefficient (Wildman–Crippen LogP) is -1.10. The Balaban J connectivity index is 1.71. The van der Waals surface area contributed by atoms with Crippen LogP contribution in [-0.4, -0.2) is 57.2 Å². The minimum Gasteiger partial charge on any atom is -0.396 e. The molecule has 0 saturated carbocycles. The molecule has 18 heavy (non-hydrogen) atoms. The molecule has 0 bridgehead atoms. The monoisotopic (exact) mass is 256 g/mol. The lowest BCUT2D eigenvalue weighted by atomic mass is 10.0. The van der Waals surface area contributed by atoms with Gasteiger partial charge in [-0.05, 0) is 6.42 Å². The molecular formula is C11H20N4O3. The van der Waals surface area contributed by atoms with Crippen molar-refractivity contribution < 1.29 is 14.9 Å². The molecule has 0 radical (unpaired) electrons. The van der Waals surface area contributed by atoms with Crippen LogP contribution in [0.1, 0.15) is 18.5 Å². The molecule has 1 aromatic heterocycles. The Labute approximate surface area is 106 Å². The molecule has 1 atom stereocenters. The van der Waals surface area contributed by atoms with Crippen LogP contribution in [0.2, 0.25) is 0 Å². The van der Waals surface area contributed by atoms with Gasteiger partial charge in [0.2, 0.25) is 0 Å². The number of hydrogen-bond acceptors (Lipinski definition) is 6. The number of hydrogen-bond donors (Lipinski definition) is 3. The number of nitrogens with one attached hydrogen (secondary N) is 1. The fraction of sp³-hybridized carbons (Fsp3) is 0.818. The lowest BCUT2D eigenvalue weighted by Crippen LogP contribution is -2.40. The molecule has 1 unspecified atom stereocenters. The Kier molecular flexibility index (Phi) is 4.65. The number of aliphatic hydroxyl groups excluding tert-OH is 1. The van der Waals surface area contributed by atoms with Gasteiger partial charge in [-0.2, -0.15) is 0 Å². The van der Waals surface area contributed by atoms with Crippen LogP contribution in [0.5, 0.6) is 0 Å². The summed E-state index contributed by atoms with van der Waals surface area (Å²) in [5.74, 6) is 0. The third-order valence-electron chi connectivity index (χ3n) is 2.97. The van der Waals surface area contributed by atoms with Crippen molar-refractivity contribution in [2.45, 2.75) is 31.5 Å². The first-order valence-electron chi connectivity index (χ1n) is 6.23. The highest BCUT2D eigenvalue weighted by molar-refractivity contribution is 4.93. The maximum Gasteiger partial charge on any atom is 0.103 e. The van der Waals surface area contributed by atoms with Crippen molar-refractivity contribution in [2.75, 3.05) is 26.4 Å². The third-order valence-corrected chi connectivity index (χ3v) is 2.97. The van der Waals surface area contributed by atoms with E-state index >= 15 is 0 Å². The van der Waals surface area contributed by atoms with Crippen molar-refractivity contribution in [2.24, 2.45) is 0 Å². The summed E-state index contributed by atoms with van der Waals surface area (Å²) in [4.78, 5) is 0. The van der Waals surface area contributed by atoms with Crippen LogP contribution in [0.3, 0.4) is 0 Å². The minimum absolute atomic E-state index is 0.153. The first-order chi connectivity index (χ1) is 8.72. The number of aromatic nitrogens is 3. The van der Waals surface area contributed by atoms with Gasteiger partial charge in [0.05, 0.1) is 12.3 Å². The third kappa shape index (κ3) is 3.74. The largest absolute Gasteiger partial charge is 0.396 e. The van der Waals surface area contributed by atoms with E-state index in [4.69, 9.17) is 9.84 Å². The molecule has 2 heterocycles. The summed E-state index contributed by atoms with van der Waals surface area (Å²) >= 11 is 0. The van der Waals surface area contributed by atoms with Crippen molar-refractivity contribution in [3.05, 3.63) is 11.9 Å². The second-order valence-corrected chi connectivity index (χ2v) is 4.68. The van der Waals surface area contributed by atoms with E-state index < -0.39 is 5.60 Å². The zero-order chi connectivity index (χ0) is 12.8. The molecule has 0 amide bonds. The van der Waals surface area contributed by atoms with E-state index in [-0.39, 0.29) is 6.61 Å². The van der Waals surface area contributed by atoms with Gasteiger partial charge in [0.15, 0.2) is 0 Å². The van der Waals surface area contributed by atoms with Crippen LogP contribution in [0.4, 0.5) is 0 Å². The number of aryl methyl sites for hydroxylation is 1. The second kappa shape index (κ2) is 6.24. The van der Waals surface area contributed by atoms with Gasteiger partial charge in [0.25, 0.3) is 0 Å². The Morgan fingerprint density at radius 3 is 3.17 bits per heavy atom. The standard InChI is InChI=1S/C11H20N4O3/c16-4-1-3-15-7-10(13-14-15)6-12-8-11(17)2-5-18-9-11/h7,12,16-17H,1-6,8-9H2. The molecule has 1 aliphatic heterocycles. The Morgan fingerprint density at radius 2 is 2.44 bits per heavy atom. The molecule has 7 heteroatoms. The molecule has 0 aliphatic carbocycles. The van der Waals surface area contributed by atoms with E-state index in [0.717, 1.165) is 5.69 Å². The zero-order valence-electron chi connectivity index (χ0n) is 10.4. The van der Waals surface area contributed by atoms with Crippen LogP contribution in [0.15, 0.2) is 6.20 Å². The van der Waals surface area contributed by atoms with E-state index in [1.807, 2.05) is 6.20 Å². The van der Waals surface area contributed by atoms with Gasteiger partial charge in [0.1, 0.15) is 5.60 Å². The maximum absolute atomic E-state index is 10.0. The summed E-state index contributed by atoms with van der Waals surface area (Å²) in [6.45, 7) is 2.90. The number of aliphatic hydroxyl groups is 2. The van der Waals surface area contributed by atoms with Crippen molar-refractivity contribution in [1.82, 2.24) is 20.3 Å². The van der Waals surface area contributed by atoms with Gasteiger partial charge in [-0.15, -0.1) is 5.10 Å². The van der Waals surface area contributed by atoms with Crippen LogP contribution in [0.25, 0.3) is 0 Å². The van der Waals surface area contributed by atoms with Crippen molar-refractivity contribution in [3.63, 3.8) is 0 Å². The summed E-state index contributed by atoms with van der Waals surface area (Å²) in [7, 11) is 0. The van der Waals surface area contributed by atoms with Crippen LogP contribution >= 0.6 is 0 Å². The van der Waals surface area contributed by atoms with E-state index in [0.29, 0.717) is 45.7 Å². The van der Waals surface area contributed by atoms with Crippen molar-refractivity contribution >= 4 is 0 Å². The molecule has 1 aliphatic rings. The Bertz CT molecular complexity index is 363. The van der Waals surface area contributed by atoms with Gasteiger partial charge < -0.3 is 20.3 Å². The molecule has 2 rings (SSSR count). The van der Waals surface area contributed by atoms with Crippen LogP contribution in [0, 0.1) is 0 Å². The highest BCUT2D eigenvalue weighted by Crippen LogP contribution is 2.16. The maximum atomic E-state index is 10.0. The van der Waals surface area contributed by atoms with Gasteiger partial charge in [-0.1, -0.05) is 5.21 Å². The second-order valence-electron chi connectivity index (χ2n) is 4.68. The molecule has 7 nitrogen and oxygen atoms in total. The van der Waals surface area contributed by atoms with Gasteiger partial charge in [-0.3, -0.25) is 4.68 Å². The lowest BCUT2D eigenvalue weighted by Gasteiger charge is -2.20. The fourth-order valence-corrected chi connectivity index (χ4v) is 1.92. The number of rotatable bonds is 7. The summed E-state index contributed by atoms with van der Waals surface area (Å²) in [5, 5.41) is 29.9. The number of nitrogens with zero attached hydrogens (tertiary/aromatic N) is 3. The summed E-state index contributed by atoms with van der Waals surface area (Å²) < 4.78 is 6.87. The number of ether oxygens (including phenoxy) is 1. The predicted molar refractivity (Wildman–Crippen MR) is 63.8 cm³/mol. The summed E-state index contributed by atoms with van der Waals surface area (Å²) in [6.07, 6.45) is 3.19. The Hall–Kier alpha value is -1.02. The molecular weight excluding hydrogens is 236 g/mol. The van der Waals surface area contributed by atoms with Crippen molar-refractivity contribution in [3.8, 4) is 0 Å². The van der Waals surface area contributed by atoms with Gasteiger partial charge in [0, 0.05) is 45.5 Å². The Morgan fingerprint density at radius 1 is 1.56 bits per heavy atom. The molecule has 0 spiro atoms. The average molecular weight is 256 g/mol. The van der Waals surface area contributed by atoms with E-state index in [2.05, 4.69) is 15.6 Å². The molecule has 3 N–H and O–H groups in total. The SMILES string of the molecule is OCCCn1cc(CNCC2(O)CCOC2)nn1. The highest BCUT2D eigenvalue weighted by Gasteiger charge is 2.31. The first-order valence-corrected chi connectivity index (χ1v) is 6.23. The normalized spacial score (nSPS) is 23.7. The van der Waals surface area contributed by atoms with E-state index in [1.165, 1.54) is 0 Å². The summed E-state index contributed by atoms with van der Waals surface area (Å²) in [6, 6.07) is 0. The quantitative estimate of drug-likeness (QED) is 0.573. The summed E-state index contributed by atoms with van der Waals surface area (Å²) in [5.41, 5.74) is 0.0860. The minimum atomic E-state index is -0.743. The molecule has 1 saturated heterocycles. The molecule has 1 fully saturated rings. The van der Waals surface area contributed by atoms with Crippen LogP contribution in [-0.2, 0) is 17.8 Å². The molecule has 102 valence electrons. The molecule has 1 aromatic rings. The van der Waals surface area contributed by atoms with Crippen molar-refractivity contribution in [1.29, 1.82) is 0 Å². The highest BCUT2D eigenvalue weighted by atomic mass is 16.5. The molecule has 0 aromatic carbocycles. The topological polar surface area (TPSA) is 92.4 Å². The van der Waals surface area contributed by atoms with Gasteiger partial charge in [-0.25, -0.2) is 0 Å². The average Bonchev–Trinajstić information content (AvgIpc) is 2.97. The van der Waals surface area contributed by atoms with E-state index in [1.54, 1.807) is 4.68 Å². The zero-order valence-corrected chi connectivity index (χ0v) is 10.4. The van der Waals surface area contributed by atoms with E-state index in [9.17, 15) is 5.11 Å². The smallest absolute Gasteiger partial charge is 0.103 e. The van der Waals surface area contributed by atoms with Gasteiger partial charge >= 0.3 is 0 Å². The first kappa shape index (κ1) is 13.4. The lowest BCUT2D eigenvalue weighted by molar-refractivity contribution is 0.0268. The fourth-order valence-electron chi connectivity index (χ4n) is 1.92.